The first-order chi connectivity index (χ1) is 7.97. The Bertz CT molecular complexity index is 210. The van der Waals surface area contributed by atoms with Crippen molar-refractivity contribution in [1.29, 1.82) is 0 Å². The van der Waals surface area contributed by atoms with Gasteiger partial charge in [0.15, 0.2) is 0 Å². The topological polar surface area (TPSA) is 70.6 Å². The van der Waals surface area contributed by atoms with E-state index in [2.05, 4.69) is 24.5 Å². The summed E-state index contributed by atoms with van der Waals surface area (Å²) < 4.78 is 5.31. The van der Waals surface area contributed by atoms with E-state index in [0.29, 0.717) is 32.2 Å². The summed E-state index contributed by atoms with van der Waals surface area (Å²) >= 11 is 0. The second kappa shape index (κ2) is 9.39. The molecule has 0 aliphatic carbocycles. The van der Waals surface area contributed by atoms with Crippen molar-refractivity contribution in [2.24, 2.45) is 5.92 Å². The molecule has 0 radical (unpaired) electrons. The van der Waals surface area contributed by atoms with Gasteiger partial charge in [-0.3, -0.25) is 4.79 Å². The van der Waals surface area contributed by atoms with Crippen LogP contribution in [0, 0.1) is 5.92 Å². The SMILES string of the molecule is CCNC(=O)C(C)NCC(O)COCC(C)C. The minimum atomic E-state index is -0.578. The molecule has 1 amide bonds. The number of carbonyl (C=O) groups excluding carboxylic acids is 1. The summed E-state index contributed by atoms with van der Waals surface area (Å²) in [6, 6.07) is -0.297. The van der Waals surface area contributed by atoms with Crippen molar-refractivity contribution in [3.05, 3.63) is 0 Å². The first kappa shape index (κ1) is 16.4. The minimum absolute atomic E-state index is 0.0530. The third-order valence-corrected chi connectivity index (χ3v) is 2.17. The van der Waals surface area contributed by atoms with E-state index in [0.717, 1.165) is 0 Å². The number of nitrogens with one attached hydrogen (secondary N) is 2. The smallest absolute Gasteiger partial charge is 0.236 e. The molecule has 0 saturated carbocycles. The van der Waals surface area contributed by atoms with Crippen LogP contribution in [0.2, 0.25) is 0 Å². The Hall–Kier alpha value is -0.650. The van der Waals surface area contributed by atoms with Crippen molar-refractivity contribution >= 4 is 5.91 Å². The average Bonchev–Trinajstić information content (AvgIpc) is 2.25. The molecule has 17 heavy (non-hydrogen) atoms. The molecule has 0 rings (SSSR count). The number of hydrogen-bond donors (Lipinski definition) is 3. The Balaban J connectivity index is 3.61. The zero-order chi connectivity index (χ0) is 13.3. The van der Waals surface area contributed by atoms with Crippen LogP contribution in [0.5, 0.6) is 0 Å². The first-order valence-corrected chi connectivity index (χ1v) is 6.24. The highest BCUT2D eigenvalue weighted by molar-refractivity contribution is 5.81. The maximum absolute atomic E-state index is 11.4. The Morgan fingerprint density at radius 1 is 1.29 bits per heavy atom. The molecule has 0 saturated heterocycles. The molecular formula is C12H26N2O3. The molecule has 2 atom stereocenters. The third kappa shape index (κ3) is 9.09. The molecule has 5 nitrogen and oxygen atoms in total. The molecule has 0 aromatic heterocycles. The van der Waals surface area contributed by atoms with Crippen molar-refractivity contribution in [1.82, 2.24) is 10.6 Å². The summed E-state index contributed by atoms with van der Waals surface area (Å²) in [7, 11) is 0. The van der Waals surface area contributed by atoms with Gasteiger partial charge in [-0.05, 0) is 19.8 Å². The Morgan fingerprint density at radius 2 is 1.94 bits per heavy atom. The summed E-state index contributed by atoms with van der Waals surface area (Å²) in [5, 5.41) is 15.3. The van der Waals surface area contributed by atoms with Gasteiger partial charge in [-0.1, -0.05) is 13.8 Å². The molecule has 0 bridgehead atoms. The first-order valence-electron chi connectivity index (χ1n) is 6.24. The third-order valence-electron chi connectivity index (χ3n) is 2.17. The van der Waals surface area contributed by atoms with E-state index in [1.165, 1.54) is 0 Å². The predicted molar refractivity (Wildman–Crippen MR) is 67.8 cm³/mol. The molecule has 0 heterocycles. The van der Waals surface area contributed by atoms with E-state index in [9.17, 15) is 9.90 Å². The number of carbonyl (C=O) groups is 1. The van der Waals surface area contributed by atoms with E-state index < -0.39 is 6.10 Å². The van der Waals surface area contributed by atoms with Gasteiger partial charge in [-0.2, -0.15) is 0 Å². The predicted octanol–water partition coefficient (Wildman–Crippen LogP) is 0.134. The highest BCUT2D eigenvalue weighted by Crippen LogP contribution is 1.94. The van der Waals surface area contributed by atoms with Crippen LogP contribution in [-0.4, -0.2) is 49.5 Å². The number of ether oxygens (including phenoxy) is 1. The quantitative estimate of drug-likeness (QED) is 0.541. The summed E-state index contributed by atoms with van der Waals surface area (Å²) in [6.07, 6.45) is -0.578. The van der Waals surface area contributed by atoms with Gasteiger partial charge in [0.25, 0.3) is 0 Å². The number of hydrogen-bond acceptors (Lipinski definition) is 4. The van der Waals surface area contributed by atoms with Gasteiger partial charge in [-0.15, -0.1) is 0 Å². The highest BCUT2D eigenvalue weighted by atomic mass is 16.5. The molecule has 3 N–H and O–H groups in total. The second-order valence-electron chi connectivity index (χ2n) is 4.61. The molecule has 2 unspecified atom stereocenters. The van der Waals surface area contributed by atoms with Gasteiger partial charge in [0, 0.05) is 19.7 Å². The molecular weight excluding hydrogens is 220 g/mol. The highest BCUT2D eigenvalue weighted by Gasteiger charge is 2.13. The van der Waals surface area contributed by atoms with Crippen LogP contribution in [0.15, 0.2) is 0 Å². The maximum Gasteiger partial charge on any atom is 0.236 e. The molecule has 0 fully saturated rings. The summed E-state index contributed by atoms with van der Waals surface area (Å²) in [5.74, 6) is 0.409. The Labute approximate surface area is 104 Å². The van der Waals surface area contributed by atoms with Crippen molar-refractivity contribution in [3.8, 4) is 0 Å². The molecule has 0 aliphatic heterocycles. The number of aliphatic hydroxyl groups excluding tert-OH is 1. The summed E-state index contributed by atoms with van der Waals surface area (Å²) in [5.41, 5.74) is 0. The van der Waals surface area contributed by atoms with Crippen LogP contribution in [0.4, 0.5) is 0 Å². The Morgan fingerprint density at radius 3 is 2.47 bits per heavy atom. The molecule has 0 aromatic carbocycles. The average molecular weight is 246 g/mol. The minimum Gasteiger partial charge on any atom is -0.389 e. The molecule has 0 spiro atoms. The van der Waals surface area contributed by atoms with E-state index in [4.69, 9.17) is 4.74 Å². The number of likely N-dealkylation sites (N-methyl/N-ethyl adjacent to an activating group) is 1. The lowest BCUT2D eigenvalue weighted by atomic mass is 10.2. The second-order valence-corrected chi connectivity index (χ2v) is 4.61. The lowest BCUT2D eigenvalue weighted by Gasteiger charge is -2.17. The van der Waals surface area contributed by atoms with Crippen molar-refractivity contribution in [2.75, 3.05) is 26.3 Å². The fraction of sp³-hybridized carbons (Fsp3) is 0.917. The van der Waals surface area contributed by atoms with Crippen LogP contribution in [-0.2, 0) is 9.53 Å². The van der Waals surface area contributed by atoms with E-state index in [-0.39, 0.29) is 11.9 Å². The van der Waals surface area contributed by atoms with Gasteiger partial charge in [-0.25, -0.2) is 0 Å². The number of aliphatic hydroxyl groups is 1. The van der Waals surface area contributed by atoms with E-state index in [1.54, 1.807) is 6.92 Å². The van der Waals surface area contributed by atoms with Crippen LogP contribution in [0.25, 0.3) is 0 Å². The largest absolute Gasteiger partial charge is 0.389 e. The molecule has 0 aliphatic rings. The van der Waals surface area contributed by atoms with Crippen LogP contribution in [0.3, 0.4) is 0 Å². The van der Waals surface area contributed by atoms with Gasteiger partial charge in [0.2, 0.25) is 5.91 Å². The fourth-order valence-corrected chi connectivity index (χ4v) is 1.23. The van der Waals surface area contributed by atoms with Crippen molar-refractivity contribution in [2.45, 2.75) is 39.8 Å². The maximum atomic E-state index is 11.4. The van der Waals surface area contributed by atoms with E-state index >= 15 is 0 Å². The zero-order valence-electron chi connectivity index (χ0n) is 11.3. The van der Waals surface area contributed by atoms with Crippen LogP contribution < -0.4 is 10.6 Å². The molecule has 0 aromatic rings. The molecule has 102 valence electrons. The standard InChI is InChI=1S/C12H26N2O3/c1-5-13-12(16)10(4)14-6-11(15)8-17-7-9(2)3/h9-11,14-15H,5-8H2,1-4H3,(H,13,16). The van der Waals surface area contributed by atoms with Gasteiger partial charge >= 0.3 is 0 Å². The van der Waals surface area contributed by atoms with Crippen LogP contribution in [0.1, 0.15) is 27.7 Å². The van der Waals surface area contributed by atoms with Crippen molar-refractivity contribution < 1.29 is 14.6 Å². The number of rotatable bonds is 9. The van der Waals surface area contributed by atoms with Crippen molar-refractivity contribution in [3.63, 3.8) is 0 Å². The lowest BCUT2D eigenvalue weighted by Crippen LogP contribution is -2.45. The zero-order valence-corrected chi connectivity index (χ0v) is 11.3. The van der Waals surface area contributed by atoms with Gasteiger partial charge in [0.1, 0.15) is 0 Å². The lowest BCUT2D eigenvalue weighted by molar-refractivity contribution is -0.122. The summed E-state index contributed by atoms with van der Waals surface area (Å²) in [6.45, 7) is 9.67. The Kier molecular flexibility index (Phi) is 9.03. The van der Waals surface area contributed by atoms with E-state index in [1.807, 2.05) is 6.92 Å². The normalized spacial score (nSPS) is 14.7. The van der Waals surface area contributed by atoms with Gasteiger partial charge < -0.3 is 20.5 Å². The van der Waals surface area contributed by atoms with Crippen LogP contribution >= 0.6 is 0 Å². The van der Waals surface area contributed by atoms with Gasteiger partial charge in [0.05, 0.1) is 18.8 Å². The summed E-state index contributed by atoms with van der Waals surface area (Å²) in [4.78, 5) is 11.4. The fourth-order valence-electron chi connectivity index (χ4n) is 1.23. The number of amides is 1. The monoisotopic (exact) mass is 246 g/mol. The molecule has 5 heteroatoms.